The number of nitrogens with one attached hydrogen (secondary N) is 1. The van der Waals surface area contributed by atoms with E-state index in [1.165, 1.54) is 6.07 Å². The molecular weight excluding hydrogens is 248 g/mol. The topological polar surface area (TPSA) is 46.2 Å². The van der Waals surface area contributed by atoms with Crippen molar-refractivity contribution in [2.24, 2.45) is 0 Å². The SMILES string of the molecule is CC(NCCS(C)(=O)=O)c1ccc(F)c(F)c1. The Morgan fingerprint density at radius 3 is 2.47 bits per heavy atom. The second-order valence-electron chi connectivity index (χ2n) is 3.98. The van der Waals surface area contributed by atoms with Crippen LogP contribution in [0.1, 0.15) is 18.5 Å². The lowest BCUT2D eigenvalue weighted by Crippen LogP contribution is -2.25. The first-order chi connectivity index (χ1) is 7.79. The summed E-state index contributed by atoms with van der Waals surface area (Å²) in [4.78, 5) is 0. The van der Waals surface area contributed by atoms with Gasteiger partial charge in [0, 0.05) is 18.8 Å². The lowest BCUT2D eigenvalue weighted by molar-refractivity contribution is 0.502. The van der Waals surface area contributed by atoms with Crippen LogP contribution in [0.3, 0.4) is 0 Å². The Hall–Kier alpha value is -1.01. The van der Waals surface area contributed by atoms with Gasteiger partial charge in [-0.25, -0.2) is 17.2 Å². The van der Waals surface area contributed by atoms with E-state index in [2.05, 4.69) is 5.32 Å². The molecule has 0 spiro atoms. The molecule has 0 amide bonds. The molecule has 0 bridgehead atoms. The Bertz CT molecular complexity index is 488. The fraction of sp³-hybridized carbons (Fsp3) is 0.455. The second kappa shape index (κ2) is 5.55. The average Bonchev–Trinajstić information content (AvgIpc) is 2.20. The van der Waals surface area contributed by atoms with E-state index in [-0.39, 0.29) is 18.3 Å². The van der Waals surface area contributed by atoms with Gasteiger partial charge >= 0.3 is 0 Å². The van der Waals surface area contributed by atoms with Gasteiger partial charge < -0.3 is 5.32 Å². The van der Waals surface area contributed by atoms with Gasteiger partial charge in [0.25, 0.3) is 0 Å². The molecule has 1 unspecified atom stereocenters. The van der Waals surface area contributed by atoms with Crippen LogP contribution in [-0.4, -0.2) is 27.0 Å². The van der Waals surface area contributed by atoms with Gasteiger partial charge in [-0.15, -0.1) is 0 Å². The van der Waals surface area contributed by atoms with E-state index in [4.69, 9.17) is 0 Å². The average molecular weight is 263 g/mol. The van der Waals surface area contributed by atoms with Gasteiger partial charge in [-0.05, 0) is 24.6 Å². The van der Waals surface area contributed by atoms with Gasteiger partial charge in [0.1, 0.15) is 9.84 Å². The van der Waals surface area contributed by atoms with Crippen LogP contribution >= 0.6 is 0 Å². The molecular formula is C11H15F2NO2S. The molecule has 6 heteroatoms. The molecule has 0 aliphatic rings. The Labute approximate surface area is 99.8 Å². The van der Waals surface area contributed by atoms with Crippen LogP contribution in [0.5, 0.6) is 0 Å². The van der Waals surface area contributed by atoms with Crippen molar-refractivity contribution < 1.29 is 17.2 Å². The predicted molar refractivity (Wildman–Crippen MR) is 62.5 cm³/mol. The molecule has 0 aliphatic heterocycles. The highest BCUT2D eigenvalue weighted by Gasteiger charge is 2.09. The Morgan fingerprint density at radius 1 is 1.29 bits per heavy atom. The maximum absolute atomic E-state index is 13.0. The lowest BCUT2D eigenvalue weighted by atomic mass is 10.1. The monoisotopic (exact) mass is 263 g/mol. The predicted octanol–water partition coefficient (Wildman–Crippen LogP) is 1.66. The number of sulfone groups is 1. The summed E-state index contributed by atoms with van der Waals surface area (Å²) in [6, 6.07) is 3.40. The normalized spacial score (nSPS) is 13.6. The van der Waals surface area contributed by atoms with Crippen LogP contribution in [0.25, 0.3) is 0 Å². The van der Waals surface area contributed by atoms with Crippen molar-refractivity contribution in [3.63, 3.8) is 0 Å². The third-order valence-corrected chi connectivity index (χ3v) is 3.31. The van der Waals surface area contributed by atoms with Crippen LogP contribution < -0.4 is 5.32 Å². The van der Waals surface area contributed by atoms with E-state index in [9.17, 15) is 17.2 Å². The quantitative estimate of drug-likeness (QED) is 0.879. The van der Waals surface area contributed by atoms with Crippen LogP contribution in [0.2, 0.25) is 0 Å². The molecule has 0 heterocycles. The van der Waals surface area contributed by atoms with Crippen molar-refractivity contribution in [1.82, 2.24) is 5.32 Å². The van der Waals surface area contributed by atoms with Crippen molar-refractivity contribution in [1.29, 1.82) is 0 Å². The molecule has 3 nitrogen and oxygen atoms in total. The number of hydrogen-bond acceptors (Lipinski definition) is 3. The lowest BCUT2D eigenvalue weighted by Gasteiger charge is -2.14. The van der Waals surface area contributed by atoms with E-state index in [0.717, 1.165) is 18.4 Å². The highest BCUT2D eigenvalue weighted by Crippen LogP contribution is 2.15. The molecule has 96 valence electrons. The summed E-state index contributed by atoms with van der Waals surface area (Å²) in [5.74, 6) is -1.78. The zero-order valence-corrected chi connectivity index (χ0v) is 10.5. The molecule has 0 fully saturated rings. The third kappa shape index (κ3) is 4.79. The third-order valence-electron chi connectivity index (χ3n) is 2.37. The summed E-state index contributed by atoms with van der Waals surface area (Å²) in [5.41, 5.74) is 0.581. The van der Waals surface area contributed by atoms with Gasteiger partial charge in [-0.1, -0.05) is 6.07 Å². The smallest absolute Gasteiger partial charge is 0.159 e. The molecule has 1 aromatic rings. The number of halogens is 2. The molecule has 0 aliphatic carbocycles. The highest BCUT2D eigenvalue weighted by atomic mass is 32.2. The summed E-state index contributed by atoms with van der Waals surface area (Å²) in [5, 5.41) is 2.93. The minimum atomic E-state index is -3.01. The van der Waals surface area contributed by atoms with Crippen molar-refractivity contribution in [2.45, 2.75) is 13.0 Å². The molecule has 1 N–H and O–H groups in total. The fourth-order valence-electron chi connectivity index (χ4n) is 1.36. The van der Waals surface area contributed by atoms with Gasteiger partial charge in [-0.3, -0.25) is 0 Å². The first kappa shape index (κ1) is 14.1. The number of hydrogen-bond donors (Lipinski definition) is 1. The zero-order chi connectivity index (χ0) is 13.1. The standard InChI is InChI=1S/C11H15F2NO2S/c1-8(14-5-6-17(2,15)16)9-3-4-10(12)11(13)7-9/h3-4,7-8,14H,5-6H2,1-2H3. The van der Waals surface area contributed by atoms with Gasteiger partial charge in [0.2, 0.25) is 0 Å². The fourth-order valence-corrected chi connectivity index (χ4v) is 1.85. The summed E-state index contributed by atoms with van der Waals surface area (Å²) in [6.07, 6.45) is 1.15. The van der Waals surface area contributed by atoms with Crippen LogP contribution in [0.4, 0.5) is 8.78 Å². The molecule has 0 saturated heterocycles. The second-order valence-corrected chi connectivity index (χ2v) is 6.24. The van der Waals surface area contributed by atoms with Gasteiger partial charge in [0.15, 0.2) is 11.6 Å². The Morgan fingerprint density at radius 2 is 1.94 bits per heavy atom. The number of benzene rings is 1. The van der Waals surface area contributed by atoms with Crippen LogP contribution in [0, 0.1) is 11.6 Å². The maximum Gasteiger partial charge on any atom is 0.159 e. The van der Waals surface area contributed by atoms with Crippen LogP contribution in [-0.2, 0) is 9.84 Å². The minimum Gasteiger partial charge on any atom is -0.309 e. The highest BCUT2D eigenvalue weighted by molar-refractivity contribution is 7.90. The van der Waals surface area contributed by atoms with Crippen molar-refractivity contribution >= 4 is 9.84 Å². The molecule has 0 saturated carbocycles. The first-order valence-corrected chi connectivity index (χ1v) is 7.22. The Kier molecular flexibility index (Phi) is 4.59. The summed E-state index contributed by atoms with van der Waals surface area (Å²) in [6.45, 7) is 2.04. The summed E-state index contributed by atoms with van der Waals surface area (Å²) < 4.78 is 47.4. The van der Waals surface area contributed by atoms with E-state index < -0.39 is 21.5 Å². The van der Waals surface area contributed by atoms with Crippen molar-refractivity contribution in [3.05, 3.63) is 35.4 Å². The van der Waals surface area contributed by atoms with E-state index >= 15 is 0 Å². The minimum absolute atomic E-state index is 0.0149. The molecule has 0 aromatic heterocycles. The molecule has 1 atom stereocenters. The van der Waals surface area contributed by atoms with Gasteiger partial charge in [-0.2, -0.15) is 0 Å². The summed E-state index contributed by atoms with van der Waals surface area (Å²) >= 11 is 0. The van der Waals surface area contributed by atoms with Crippen molar-refractivity contribution in [2.75, 3.05) is 18.6 Å². The van der Waals surface area contributed by atoms with Gasteiger partial charge in [0.05, 0.1) is 5.75 Å². The molecule has 0 radical (unpaired) electrons. The van der Waals surface area contributed by atoms with E-state index in [1.54, 1.807) is 6.92 Å². The van der Waals surface area contributed by atoms with Crippen LogP contribution in [0.15, 0.2) is 18.2 Å². The van der Waals surface area contributed by atoms with E-state index in [1.807, 2.05) is 0 Å². The molecule has 17 heavy (non-hydrogen) atoms. The summed E-state index contributed by atoms with van der Waals surface area (Å²) in [7, 11) is -3.01. The first-order valence-electron chi connectivity index (χ1n) is 5.15. The molecule has 1 aromatic carbocycles. The van der Waals surface area contributed by atoms with Crippen molar-refractivity contribution in [3.8, 4) is 0 Å². The largest absolute Gasteiger partial charge is 0.309 e. The Balaban J connectivity index is 2.58. The zero-order valence-electron chi connectivity index (χ0n) is 9.70. The number of rotatable bonds is 5. The maximum atomic E-state index is 13.0. The molecule has 1 rings (SSSR count). The van der Waals surface area contributed by atoms with E-state index in [0.29, 0.717) is 5.56 Å².